The number of rotatable bonds is 6. The summed E-state index contributed by atoms with van der Waals surface area (Å²) < 4.78 is 0. The lowest BCUT2D eigenvalue weighted by atomic mass is 9.93. The van der Waals surface area contributed by atoms with Gasteiger partial charge in [0.2, 0.25) is 0 Å². The fourth-order valence-corrected chi connectivity index (χ4v) is 3.66. The number of nitrogens with one attached hydrogen (secondary N) is 1. The minimum atomic E-state index is -1.30. The van der Waals surface area contributed by atoms with Crippen LogP contribution in [0.3, 0.4) is 0 Å². The van der Waals surface area contributed by atoms with Gasteiger partial charge in [0.25, 0.3) is 5.91 Å². The van der Waals surface area contributed by atoms with Gasteiger partial charge in [-0.2, -0.15) is 0 Å². The summed E-state index contributed by atoms with van der Waals surface area (Å²) in [7, 11) is 0. The second-order valence-electron chi connectivity index (χ2n) is 7.19. The van der Waals surface area contributed by atoms with Crippen molar-refractivity contribution in [3.05, 3.63) is 76.4 Å². The molecule has 27 heavy (non-hydrogen) atoms. The Morgan fingerprint density at radius 1 is 1.11 bits per heavy atom. The molecule has 4 nitrogen and oxygen atoms in total. The number of allylic oxidation sites excluding steroid dienone is 1. The Kier molecular flexibility index (Phi) is 5.45. The topological polar surface area (TPSA) is 66.4 Å². The highest BCUT2D eigenvalue weighted by atomic mass is 16.4. The van der Waals surface area contributed by atoms with Crippen molar-refractivity contribution in [1.82, 2.24) is 5.32 Å². The number of carbonyl (C=O) groups excluding carboxylic acids is 1. The van der Waals surface area contributed by atoms with Crippen LogP contribution in [0, 0.1) is 6.92 Å². The highest BCUT2D eigenvalue weighted by Crippen LogP contribution is 2.31. The van der Waals surface area contributed by atoms with Crippen LogP contribution >= 0.6 is 0 Å². The van der Waals surface area contributed by atoms with E-state index in [-0.39, 0.29) is 5.91 Å². The van der Waals surface area contributed by atoms with Gasteiger partial charge in [0.1, 0.15) is 5.54 Å². The van der Waals surface area contributed by atoms with Gasteiger partial charge in [0.15, 0.2) is 0 Å². The number of benzene rings is 2. The standard InChI is InChI=1S/C23H25NO3/c1-3-4-5-12-19-16(2)9-8-13-20(19)21(25)24-23(22(26)27)14-17-10-6-7-11-18(17)15-23/h5-13H,3-4,14-15H2,1-2H3,(H,24,25)(H,26,27)/b12-5+. The molecule has 0 atom stereocenters. The number of unbranched alkanes of at least 4 members (excludes halogenated alkanes) is 1. The Morgan fingerprint density at radius 3 is 2.37 bits per heavy atom. The molecule has 0 aliphatic heterocycles. The molecule has 1 aliphatic carbocycles. The number of hydrogen-bond acceptors (Lipinski definition) is 2. The summed E-state index contributed by atoms with van der Waals surface area (Å²) in [6.45, 7) is 4.06. The number of amides is 1. The van der Waals surface area contributed by atoms with Crippen LogP contribution in [0.2, 0.25) is 0 Å². The monoisotopic (exact) mass is 363 g/mol. The lowest BCUT2D eigenvalue weighted by molar-refractivity contribution is -0.144. The average molecular weight is 363 g/mol. The number of carboxylic acid groups (broad SMARTS) is 1. The molecule has 0 spiro atoms. The quantitative estimate of drug-likeness (QED) is 0.810. The van der Waals surface area contributed by atoms with E-state index in [0.29, 0.717) is 18.4 Å². The zero-order valence-corrected chi connectivity index (χ0v) is 15.8. The van der Waals surface area contributed by atoms with Crippen molar-refractivity contribution in [2.75, 3.05) is 0 Å². The second kappa shape index (κ2) is 7.78. The predicted molar refractivity (Wildman–Crippen MR) is 107 cm³/mol. The SMILES string of the molecule is CCC/C=C/c1c(C)cccc1C(=O)NC1(C(=O)O)Cc2ccccc2C1. The molecule has 140 valence electrons. The number of aliphatic carboxylic acids is 1. The Labute approximate surface area is 159 Å². The van der Waals surface area contributed by atoms with Crippen LogP contribution in [0.1, 0.15) is 52.4 Å². The molecular weight excluding hydrogens is 338 g/mol. The van der Waals surface area contributed by atoms with E-state index in [1.54, 1.807) is 6.07 Å². The van der Waals surface area contributed by atoms with Crippen LogP contribution in [-0.2, 0) is 17.6 Å². The zero-order chi connectivity index (χ0) is 19.4. The minimum absolute atomic E-state index is 0.303. The summed E-state index contributed by atoms with van der Waals surface area (Å²) in [6.07, 6.45) is 6.59. The Morgan fingerprint density at radius 2 is 1.78 bits per heavy atom. The van der Waals surface area contributed by atoms with Crippen molar-refractivity contribution in [1.29, 1.82) is 0 Å². The molecule has 0 saturated carbocycles. The van der Waals surface area contributed by atoms with Gasteiger partial charge in [-0.1, -0.05) is 61.9 Å². The van der Waals surface area contributed by atoms with Crippen LogP contribution < -0.4 is 5.32 Å². The molecule has 4 heteroatoms. The minimum Gasteiger partial charge on any atom is -0.479 e. The molecule has 0 fully saturated rings. The van der Waals surface area contributed by atoms with Crippen molar-refractivity contribution < 1.29 is 14.7 Å². The summed E-state index contributed by atoms with van der Waals surface area (Å²) in [5, 5.41) is 12.7. The van der Waals surface area contributed by atoms with Gasteiger partial charge in [0.05, 0.1) is 0 Å². The molecule has 0 saturated heterocycles. The number of aryl methyl sites for hydroxylation is 1. The molecule has 2 N–H and O–H groups in total. The van der Waals surface area contributed by atoms with E-state index in [0.717, 1.165) is 35.1 Å². The highest BCUT2D eigenvalue weighted by Gasteiger charge is 2.45. The lowest BCUT2D eigenvalue weighted by Gasteiger charge is -2.26. The third-order valence-electron chi connectivity index (χ3n) is 5.17. The fraction of sp³-hybridized carbons (Fsp3) is 0.304. The van der Waals surface area contributed by atoms with E-state index in [9.17, 15) is 14.7 Å². The van der Waals surface area contributed by atoms with Crippen molar-refractivity contribution in [2.45, 2.75) is 45.1 Å². The van der Waals surface area contributed by atoms with Crippen LogP contribution in [0.25, 0.3) is 6.08 Å². The van der Waals surface area contributed by atoms with E-state index < -0.39 is 11.5 Å². The molecule has 0 unspecified atom stereocenters. The first kappa shape index (κ1) is 18.9. The number of carboxylic acids is 1. The molecule has 0 aromatic heterocycles. The van der Waals surface area contributed by atoms with Gasteiger partial charge in [-0.3, -0.25) is 4.79 Å². The van der Waals surface area contributed by atoms with Gasteiger partial charge in [-0.15, -0.1) is 0 Å². The normalized spacial score (nSPS) is 14.9. The van der Waals surface area contributed by atoms with Gasteiger partial charge >= 0.3 is 5.97 Å². The number of carbonyl (C=O) groups is 2. The Balaban J connectivity index is 1.91. The molecule has 1 aliphatic rings. The maximum Gasteiger partial charge on any atom is 0.330 e. The fourth-order valence-electron chi connectivity index (χ4n) is 3.66. The van der Waals surface area contributed by atoms with Crippen LogP contribution in [0.5, 0.6) is 0 Å². The Hall–Kier alpha value is -2.88. The van der Waals surface area contributed by atoms with Gasteiger partial charge < -0.3 is 10.4 Å². The smallest absolute Gasteiger partial charge is 0.330 e. The summed E-state index contributed by atoms with van der Waals surface area (Å²) in [5.41, 5.74) is 3.02. The summed E-state index contributed by atoms with van der Waals surface area (Å²) in [4.78, 5) is 25.2. The molecule has 2 aromatic carbocycles. The average Bonchev–Trinajstić information content (AvgIpc) is 3.02. The molecule has 2 aromatic rings. The first-order chi connectivity index (χ1) is 13.0. The van der Waals surface area contributed by atoms with E-state index in [2.05, 4.69) is 18.3 Å². The van der Waals surface area contributed by atoms with Crippen molar-refractivity contribution in [3.8, 4) is 0 Å². The summed E-state index contributed by atoms with van der Waals surface area (Å²) in [5.74, 6) is -1.34. The summed E-state index contributed by atoms with van der Waals surface area (Å²) in [6, 6.07) is 13.2. The molecule has 0 bridgehead atoms. The van der Waals surface area contributed by atoms with Gasteiger partial charge in [-0.05, 0) is 41.7 Å². The maximum absolute atomic E-state index is 13.1. The molecule has 0 heterocycles. The van der Waals surface area contributed by atoms with E-state index in [4.69, 9.17) is 0 Å². The Bertz CT molecular complexity index is 873. The van der Waals surface area contributed by atoms with Crippen LogP contribution in [0.4, 0.5) is 0 Å². The van der Waals surface area contributed by atoms with Crippen molar-refractivity contribution in [2.24, 2.45) is 0 Å². The third-order valence-corrected chi connectivity index (χ3v) is 5.17. The van der Waals surface area contributed by atoms with Crippen molar-refractivity contribution >= 4 is 18.0 Å². The third kappa shape index (κ3) is 3.80. The molecule has 3 rings (SSSR count). The van der Waals surface area contributed by atoms with Crippen molar-refractivity contribution in [3.63, 3.8) is 0 Å². The van der Waals surface area contributed by atoms with Gasteiger partial charge in [-0.25, -0.2) is 4.79 Å². The number of hydrogen-bond donors (Lipinski definition) is 2. The van der Waals surface area contributed by atoms with E-state index in [1.807, 2.05) is 49.4 Å². The highest BCUT2D eigenvalue weighted by molar-refractivity contribution is 6.01. The molecule has 0 radical (unpaired) electrons. The maximum atomic E-state index is 13.1. The van der Waals surface area contributed by atoms with Gasteiger partial charge in [0, 0.05) is 18.4 Å². The first-order valence-electron chi connectivity index (χ1n) is 9.35. The predicted octanol–water partition coefficient (Wildman–Crippen LogP) is 4.16. The van der Waals surface area contributed by atoms with Crippen LogP contribution in [-0.4, -0.2) is 22.5 Å². The van der Waals surface area contributed by atoms with Crippen LogP contribution in [0.15, 0.2) is 48.5 Å². The zero-order valence-electron chi connectivity index (χ0n) is 15.8. The second-order valence-corrected chi connectivity index (χ2v) is 7.19. The largest absolute Gasteiger partial charge is 0.479 e. The lowest BCUT2D eigenvalue weighted by Crippen LogP contribution is -2.55. The molecule has 1 amide bonds. The molecular formula is C23H25NO3. The number of fused-ring (bicyclic) bond motifs is 1. The van der Waals surface area contributed by atoms with E-state index >= 15 is 0 Å². The first-order valence-corrected chi connectivity index (χ1v) is 9.35. The van der Waals surface area contributed by atoms with E-state index in [1.165, 1.54) is 0 Å². The summed E-state index contributed by atoms with van der Waals surface area (Å²) >= 11 is 0.